The molecule has 2 saturated heterocycles. The number of ether oxygens (including phenoxy) is 1. The third-order valence-electron chi connectivity index (χ3n) is 4.31. The van der Waals surface area contributed by atoms with E-state index < -0.39 is 0 Å². The van der Waals surface area contributed by atoms with Crippen LogP contribution < -0.4 is 10.6 Å². The highest BCUT2D eigenvalue weighted by Crippen LogP contribution is 2.16. The van der Waals surface area contributed by atoms with Gasteiger partial charge >= 0.3 is 0 Å². The minimum atomic E-state index is -0.0726. The highest BCUT2D eigenvalue weighted by atomic mass is 35.5. The first-order valence-electron chi connectivity index (χ1n) is 7.90. The van der Waals surface area contributed by atoms with Crippen molar-refractivity contribution in [2.24, 2.45) is 0 Å². The number of hydrogen-bond acceptors (Lipinski definition) is 4. The highest BCUT2D eigenvalue weighted by molar-refractivity contribution is 5.92. The number of hydrogen-bond donors (Lipinski definition) is 2. The number of carbonyl (C=O) groups is 1. The largest absolute Gasteiger partial charge is 0.378 e. The second-order valence-electron chi connectivity index (χ2n) is 6.06. The number of rotatable bonds is 3. The molecule has 3 unspecified atom stereocenters. The first kappa shape index (κ1) is 17.2. The molecule has 124 valence electrons. The highest BCUT2D eigenvalue weighted by Gasteiger charge is 2.23. The molecule has 0 radical (unpaired) electrons. The number of aromatic nitrogens is 2. The molecule has 2 aliphatic rings. The molecule has 0 spiro atoms. The van der Waals surface area contributed by atoms with Gasteiger partial charge in [-0.05, 0) is 45.2 Å². The predicted molar refractivity (Wildman–Crippen MR) is 86.5 cm³/mol. The van der Waals surface area contributed by atoms with Gasteiger partial charge in [-0.2, -0.15) is 5.10 Å². The van der Waals surface area contributed by atoms with Crippen LogP contribution in [0, 0.1) is 0 Å². The van der Waals surface area contributed by atoms with E-state index in [4.69, 9.17) is 4.74 Å². The molecule has 0 aromatic carbocycles. The van der Waals surface area contributed by atoms with Gasteiger partial charge in [-0.15, -0.1) is 12.4 Å². The molecule has 2 N–H and O–H groups in total. The fraction of sp³-hybridized carbons (Fsp3) is 0.733. The Balaban J connectivity index is 0.00000176. The normalized spacial score (nSPS) is 28.7. The smallest absolute Gasteiger partial charge is 0.271 e. The van der Waals surface area contributed by atoms with E-state index in [0.29, 0.717) is 18.3 Å². The van der Waals surface area contributed by atoms with E-state index in [0.717, 1.165) is 38.8 Å². The van der Waals surface area contributed by atoms with Crippen molar-refractivity contribution in [3.63, 3.8) is 0 Å². The quantitative estimate of drug-likeness (QED) is 0.883. The van der Waals surface area contributed by atoms with Gasteiger partial charge in [0.05, 0.1) is 12.1 Å². The Morgan fingerprint density at radius 2 is 2.36 bits per heavy atom. The summed E-state index contributed by atoms with van der Waals surface area (Å²) in [6.45, 7) is 4.77. The van der Waals surface area contributed by atoms with E-state index in [1.54, 1.807) is 0 Å². The zero-order chi connectivity index (χ0) is 14.7. The summed E-state index contributed by atoms with van der Waals surface area (Å²) in [7, 11) is 0. The molecule has 2 aliphatic heterocycles. The molecule has 2 fully saturated rings. The number of amides is 1. The molecule has 1 aromatic rings. The summed E-state index contributed by atoms with van der Waals surface area (Å²) < 4.78 is 7.43. The maximum atomic E-state index is 12.3. The molecule has 1 amide bonds. The van der Waals surface area contributed by atoms with Crippen LogP contribution in [0.4, 0.5) is 0 Å². The van der Waals surface area contributed by atoms with Gasteiger partial charge in [0.1, 0.15) is 5.69 Å². The Morgan fingerprint density at radius 3 is 3.09 bits per heavy atom. The van der Waals surface area contributed by atoms with Crippen LogP contribution in [0.5, 0.6) is 0 Å². The van der Waals surface area contributed by atoms with Gasteiger partial charge in [0.2, 0.25) is 0 Å². The average molecular weight is 329 g/mol. The SMILES string of the molecule is CC1CC(NC(=O)c2ccn(C3CCCNC3)n2)CCO1.Cl. The maximum absolute atomic E-state index is 12.3. The van der Waals surface area contributed by atoms with Crippen LogP contribution in [0.25, 0.3) is 0 Å². The van der Waals surface area contributed by atoms with Crippen molar-refractivity contribution in [3.05, 3.63) is 18.0 Å². The number of nitrogens with one attached hydrogen (secondary N) is 2. The molecular weight excluding hydrogens is 304 g/mol. The molecule has 1 aromatic heterocycles. The molecular formula is C15H25ClN4O2. The van der Waals surface area contributed by atoms with Gasteiger partial charge in [-0.3, -0.25) is 9.48 Å². The number of piperidine rings is 1. The maximum Gasteiger partial charge on any atom is 0.271 e. The minimum Gasteiger partial charge on any atom is -0.378 e. The van der Waals surface area contributed by atoms with Gasteiger partial charge in [-0.1, -0.05) is 0 Å². The lowest BCUT2D eigenvalue weighted by Crippen LogP contribution is -2.41. The van der Waals surface area contributed by atoms with E-state index in [1.165, 1.54) is 0 Å². The summed E-state index contributed by atoms with van der Waals surface area (Å²) in [5, 5.41) is 10.9. The first-order valence-corrected chi connectivity index (χ1v) is 7.90. The molecule has 3 rings (SSSR count). The second kappa shape index (κ2) is 7.94. The van der Waals surface area contributed by atoms with Gasteiger partial charge in [-0.25, -0.2) is 0 Å². The first-order chi connectivity index (χ1) is 10.2. The molecule has 7 heteroatoms. The van der Waals surface area contributed by atoms with Crippen molar-refractivity contribution < 1.29 is 9.53 Å². The van der Waals surface area contributed by atoms with E-state index >= 15 is 0 Å². The Bertz CT molecular complexity index is 488. The third-order valence-corrected chi connectivity index (χ3v) is 4.31. The summed E-state index contributed by atoms with van der Waals surface area (Å²) in [6.07, 6.45) is 6.16. The average Bonchev–Trinajstić information content (AvgIpc) is 2.98. The van der Waals surface area contributed by atoms with Crippen LogP contribution in [0.15, 0.2) is 12.3 Å². The minimum absolute atomic E-state index is 0. The van der Waals surface area contributed by atoms with E-state index in [2.05, 4.69) is 15.7 Å². The number of halogens is 1. The third kappa shape index (κ3) is 4.21. The molecule has 0 saturated carbocycles. The van der Waals surface area contributed by atoms with E-state index in [9.17, 15) is 4.79 Å². The Morgan fingerprint density at radius 1 is 1.50 bits per heavy atom. The van der Waals surface area contributed by atoms with Crippen molar-refractivity contribution in [3.8, 4) is 0 Å². The van der Waals surface area contributed by atoms with Gasteiger partial charge in [0.25, 0.3) is 5.91 Å². The predicted octanol–water partition coefficient (Wildman–Crippen LogP) is 1.53. The standard InChI is InChI=1S/C15H24N4O2.ClH/c1-11-9-12(5-8-21-11)17-15(20)14-4-7-19(18-14)13-3-2-6-16-10-13;/h4,7,11-13,16H,2-3,5-6,8-10H2,1H3,(H,17,20);1H. The zero-order valence-corrected chi connectivity index (χ0v) is 13.8. The molecule has 22 heavy (non-hydrogen) atoms. The number of nitrogens with zero attached hydrogens (tertiary/aromatic N) is 2. The van der Waals surface area contributed by atoms with Crippen LogP contribution in [0.2, 0.25) is 0 Å². The summed E-state index contributed by atoms with van der Waals surface area (Å²) >= 11 is 0. The van der Waals surface area contributed by atoms with Gasteiger partial charge < -0.3 is 15.4 Å². The zero-order valence-electron chi connectivity index (χ0n) is 13.0. The van der Waals surface area contributed by atoms with Crippen molar-refractivity contribution in [1.82, 2.24) is 20.4 Å². The fourth-order valence-electron chi connectivity index (χ4n) is 3.11. The Labute approximate surface area is 137 Å². The summed E-state index contributed by atoms with van der Waals surface area (Å²) in [5.74, 6) is -0.0726. The van der Waals surface area contributed by atoms with Gasteiger partial charge in [0.15, 0.2) is 0 Å². The van der Waals surface area contributed by atoms with E-state index in [1.807, 2.05) is 23.9 Å². The van der Waals surface area contributed by atoms with Crippen LogP contribution in [0.3, 0.4) is 0 Å². The molecule has 6 nitrogen and oxygen atoms in total. The Kier molecular flexibility index (Phi) is 6.23. The van der Waals surface area contributed by atoms with Crippen molar-refractivity contribution in [1.29, 1.82) is 0 Å². The monoisotopic (exact) mass is 328 g/mol. The summed E-state index contributed by atoms with van der Waals surface area (Å²) in [6, 6.07) is 2.37. The fourth-order valence-corrected chi connectivity index (χ4v) is 3.11. The van der Waals surface area contributed by atoms with E-state index in [-0.39, 0.29) is 30.5 Å². The van der Waals surface area contributed by atoms with Gasteiger partial charge in [0, 0.05) is 25.4 Å². The molecule has 3 atom stereocenters. The summed E-state index contributed by atoms with van der Waals surface area (Å²) in [5.41, 5.74) is 0.514. The summed E-state index contributed by atoms with van der Waals surface area (Å²) in [4.78, 5) is 12.3. The van der Waals surface area contributed by atoms with Crippen LogP contribution >= 0.6 is 12.4 Å². The van der Waals surface area contributed by atoms with Crippen LogP contribution in [0.1, 0.15) is 49.1 Å². The molecule has 3 heterocycles. The van der Waals surface area contributed by atoms with Crippen LogP contribution in [-0.4, -0.2) is 47.5 Å². The van der Waals surface area contributed by atoms with Crippen molar-refractivity contribution in [2.75, 3.05) is 19.7 Å². The lowest BCUT2D eigenvalue weighted by molar-refractivity contribution is 0.0136. The lowest BCUT2D eigenvalue weighted by Gasteiger charge is -2.27. The lowest BCUT2D eigenvalue weighted by atomic mass is 10.0. The number of carbonyl (C=O) groups excluding carboxylic acids is 1. The Hall–Kier alpha value is -1.11. The molecule has 0 bridgehead atoms. The van der Waals surface area contributed by atoms with Crippen molar-refractivity contribution in [2.45, 2.75) is 50.8 Å². The second-order valence-corrected chi connectivity index (χ2v) is 6.06. The van der Waals surface area contributed by atoms with Crippen LogP contribution in [-0.2, 0) is 4.74 Å². The molecule has 0 aliphatic carbocycles. The topological polar surface area (TPSA) is 68.2 Å². The van der Waals surface area contributed by atoms with Crippen molar-refractivity contribution >= 4 is 18.3 Å².